The van der Waals surface area contributed by atoms with E-state index in [0.717, 1.165) is 32.1 Å². The quantitative estimate of drug-likeness (QED) is 0.357. The van der Waals surface area contributed by atoms with Crippen molar-refractivity contribution >= 4 is 29.0 Å². The number of anilines is 1. The summed E-state index contributed by atoms with van der Waals surface area (Å²) in [6.07, 6.45) is 9.70. The van der Waals surface area contributed by atoms with Gasteiger partial charge in [-0.05, 0) is 75.4 Å². The molecule has 38 heavy (non-hydrogen) atoms. The van der Waals surface area contributed by atoms with Gasteiger partial charge in [-0.1, -0.05) is 12.0 Å². The standard InChI is InChI=1S/C26H28F3N7OS/c1-34-17-9-11-19(21(34)12-10-17)32-23-6-2-5-22-24(38-26(27,28)29)20(33-36(22)23)4-3-13-30-25(37)16-14-31-35(15-16)18-7-8-18/h2,5-6,14-15,17-19,21,32H,7-13H2,1H3,(H,30,37)/t17-,19-,21-/m1/s1. The van der Waals surface area contributed by atoms with Gasteiger partial charge in [0.2, 0.25) is 0 Å². The Hall–Kier alpha value is -3.17. The lowest BCUT2D eigenvalue weighted by Gasteiger charge is -2.38. The lowest BCUT2D eigenvalue weighted by Crippen LogP contribution is -2.48. The highest BCUT2D eigenvalue weighted by atomic mass is 32.2. The topological polar surface area (TPSA) is 79.5 Å². The van der Waals surface area contributed by atoms with Gasteiger partial charge >= 0.3 is 5.51 Å². The number of aromatic nitrogens is 4. The maximum absolute atomic E-state index is 13.5. The van der Waals surface area contributed by atoms with Crippen molar-refractivity contribution in [1.82, 2.24) is 29.6 Å². The number of halogens is 3. The Morgan fingerprint density at radius 2 is 1.95 bits per heavy atom. The molecule has 2 saturated heterocycles. The largest absolute Gasteiger partial charge is 0.446 e. The van der Waals surface area contributed by atoms with E-state index in [0.29, 0.717) is 35.0 Å². The van der Waals surface area contributed by atoms with Gasteiger partial charge in [-0.25, -0.2) is 4.52 Å². The van der Waals surface area contributed by atoms with E-state index in [2.05, 4.69) is 44.6 Å². The fourth-order valence-corrected chi connectivity index (χ4v) is 6.28. The van der Waals surface area contributed by atoms with Crippen LogP contribution in [0.2, 0.25) is 0 Å². The number of thioether (sulfide) groups is 1. The lowest BCUT2D eigenvalue weighted by molar-refractivity contribution is -0.0327. The highest BCUT2D eigenvalue weighted by Gasteiger charge is 2.40. The van der Waals surface area contributed by atoms with Crippen LogP contribution < -0.4 is 10.6 Å². The van der Waals surface area contributed by atoms with E-state index in [9.17, 15) is 18.0 Å². The SMILES string of the molecule is CN1[C@H]2CC[C@@H]1[C@H](Nc1cccc3c(SC(F)(F)F)c(C#CCNC(=O)c4cnn(C5CC5)c4)nn13)CC2. The molecule has 3 atom stereocenters. The van der Waals surface area contributed by atoms with Gasteiger partial charge in [-0.2, -0.15) is 23.4 Å². The van der Waals surface area contributed by atoms with Crippen LogP contribution in [0.4, 0.5) is 19.0 Å². The molecule has 1 saturated carbocycles. The molecule has 2 N–H and O–H groups in total. The third-order valence-corrected chi connectivity index (χ3v) is 8.50. The van der Waals surface area contributed by atoms with Gasteiger partial charge in [0.15, 0.2) is 0 Å². The monoisotopic (exact) mass is 543 g/mol. The van der Waals surface area contributed by atoms with Crippen LogP contribution in [-0.4, -0.2) is 67.4 Å². The first-order valence-electron chi connectivity index (χ1n) is 12.8. The average Bonchev–Trinajstić information content (AvgIpc) is 3.43. The number of rotatable bonds is 6. The predicted octanol–water partition coefficient (Wildman–Crippen LogP) is 4.30. The zero-order chi connectivity index (χ0) is 26.4. The van der Waals surface area contributed by atoms with E-state index in [1.807, 2.05) is 6.07 Å². The molecule has 3 aromatic heterocycles. The van der Waals surface area contributed by atoms with E-state index in [1.54, 1.807) is 23.0 Å². The van der Waals surface area contributed by atoms with Gasteiger partial charge in [0.25, 0.3) is 5.91 Å². The van der Waals surface area contributed by atoms with Crippen LogP contribution in [-0.2, 0) is 0 Å². The number of likely N-dealkylation sites (N-methyl/N-ethyl adjacent to an activating group) is 1. The Labute approximate surface area is 222 Å². The Morgan fingerprint density at radius 3 is 2.74 bits per heavy atom. The number of piperidine rings is 1. The van der Waals surface area contributed by atoms with Crippen LogP contribution in [0, 0.1) is 11.8 Å². The summed E-state index contributed by atoms with van der Waals surface area (Å²) in [5.74, 6) is 5.84. The molecule has 1 amide bonds. The van der Waals surface area contributed by atoms with Gasteiger partial charge in [-0.15, -0.1) is 0 Å². The number of alkyl halides is 3. The van der Waals surface area contributed by atoms with Crippen molar-refractivity contribution in [2.45, 2.75) is 73.1 Å². The zero-order valence-electron chi connectivity index (χ0n) is 20.8. The minimum atomic E-state index is -4.50. The summed E-state index contributed by atoms with van der Waals surface area (Å²) >= 11 is -0.217. The highest BCUT2D eigenvalue weighted by Crippen LogP contribution is 2.42. The first kappa shape index (κ1) is 25.1. The van der Waals surface area contributed by atoms with Crippen molar-refractivity contribution < 1.29 is 18.0 Å². The van der Waals surface area contributed by atoms with E-state index in [1.165, 1.54) is 17.1 Å². The second-order valence-corrected chi connectivity index (χ2v) is 11.2. The lowest BCUT2D eigenvalue weighted by atomic mass is 9.98. The molecule has 2 bridgehead atoms. The number of hydrogen-bond donors (Lipinski definition) is 2. The van der Waals surface area contributed by atoms with Crippen LogP contribution in [0.3, 0.4) is 0 Å². The Kier molecular flexibility index (Phi) is 6.52. The maximum atomic E-state index is 13.5. The van der Waals surface area contributed by atoms with Crippen molar-refractivity contribution in [3.63, 3.8) is 0 Å². The molecule has 3 aliphatic rings. The van der Waals surface area contributed by atoms with Gasteiger partial charge < -0.3 is 10.6 Å². The predicted molar refractivity (Wildman–Crippen MR) is 138 cm³/mol. The molecular weight excluding hydrogens is 515 g/mol. The Bertz CT molecular complexity index is 1420. The number of carbonyl (C=O) groups excluding carboxylic acids is 1. The van der Waals surface area contributed by atoms with Crippen molar-refractivity contribution in [2.75, 3.05) is 18.9 Å². The second-order valence-electron chi connectivity index (χ2n) is 10.2. The van der Waals surface area contributed by atoms with Crippen LogP contribution in [0.15, 0.2) is 35.5 Å². The Morgan fingerprint density at radius 1 is 1.16 bits per heavy atom. The maximum Gasteiger partial charge on any atom is 0.446 e. The molecule has 0 radical (unpaired) electrons. The normalized spacial score (nSPS) is 23.3. The average molecular weight is 544 g/mol. The minimum Gasteiger partial charge on any atom is -0.366 e. The molecule has 0 spiro atoms. The summed E-state index contributed by atoms with van der Waals surface area (Å²) in [5, 5.41) is 14.9. The number of carbonyl (C=O) groups is 1. The van der Waals surface area contributed by atoms with Crippen molar-refractivity contribution in [3.05, 3.63) is 41.9 Å². The summed E-state index contributed by atoms with van der Waals surface area (Å²) in [4.78, 5) is 14.8. The zero-order valence-corrected chi connectivity index (χ0v) is 21.6. The first-order valence-corrected chi connectivity index (χ1v) is 13.7. The fraction of sp³-hybridized carbons (Fsp3) is 0.500. The molecule has 12 heteroatoms. The van der Waals surface area contributed by atoms with Crippen LogP contribution in [0.5, 0.6) is 0 Å². The number of pyridine rings is 1. The number of amides is 1. The summed E-state index contributed by atoms with van der Waals surface area (Å²) < 4.78 is 43.7. The van der Waals surface area contributed by atoms with Crippen LogP contribution in [0.25, 0.3) is 5.52 Å². The fourth-order valence-electron chi connectivity index (χ4n) is 5.60. The third-order valence-electron chi connectivity index (χ3n) is 7.66. The summed E-state index contributed by atoms with van der Waals surface area (Å²) in [7, 11) is 2.15. The Balaban J connectivity index is 1.22. The molecule has 8 nitrogen and oxygen atoms in total. The van der Waals surface area contributed by atoms with Gasteiger partial charge in [0.1, 0.15) is 11.5 Å². The third kappa shape index (κ3) is 5.09. The molecule has 0 unspecified atom stereocenters. The molecule has 200 valence electrons. The number of nitrogens with one attached hydrogen (secondary N) is 2. The van der Waals surface area contributed by atoms with E-state index in [-0.39, 0.29) is 40.8 Å². The molecule has 0 aromatic carbocycles. The van der Waals surface area contributed by atoms with Crippen molar-refractivity contribution in [2.24, 2.45) is 0 Å². The highest BCUT2D eigenvalue weighted by molar-refractivity contribution is 8.00. The van der Waals surface area contributed by atoms with Gasteiger partial charge in [-0.3, -0.25) is 14.4 Å². The second kappa shape index (κ2) is 9.85. The van der Waals surface area contributed by atoms with Gasteiger partial charge in [0, 0.05) is 24.3 Å². The molecule has 1 aliphatic carbocycles. The molecule has 5 heterocycles. The van der Waals surface area contributed by atoms with E-state index < -0.39 is 5.51 Å². The summed E-state index contributed by atoms with van der Waals surface area (Å²) in [6, 6.07) is 6.76. The van der Waals surface area contributed by atoms with Crippen LogP contribution >= 0.6 is 11.8 Å². The smallest absolute Gasteiger partial charge is 0.366 e. The van der Waals surface area contributed by atoms with E-state index in [4.69, 9.17) is 0 Å². The number of fused-ring (bicyclic) bond motifs is 3. The summed E-state index contributed by atoms with van der Waals surface area (Å²) in [5.41, 5.74) is -3.70. The van der Waals surface area contributed by atoms with Crippen molar-refractivity contribution in [3.8, 4) is 11.8 Å². The number of nitrogens with zero attached hydrogens (tertiary/aromatic N) is 5. The van der Waals surface area contributed by atoms with Crippen molar-refractivity contribution in [1.29, 1.82) is 0 Å². The van der Waals surface area contributed by atoms with Crippen LogP contribution in [0.1, 0.15) is 60.6 Å². The summed E-state index contributed by atoms with van der Waals surface area (Å²) in [6.45, 7) is -0.0280. The molecule has 3 fully saturated rings. The first-order chi connectivity index (χ1) is 18.3. The van der Waals surface area contributed by atoms with E-state index >= 15 is 0 Å². The molecule has 6 rings (SSSR count). The number of hydrogen-bond acceptors (Lipinski definition) is 6. The minimum absolute atomic E-state index is 0.0269. The molecule has 3 aromatic rings. The van der Waals surface area contributed by atoms with Gasteiger partial charge in [0.05, 0.1) is 34.8 Å². The molecular formula is C26H28F3N7OS. The molecule has 2 aliphatic heterocycles.